The molecule has 2 aromatic carbocycles. The maximum absolute atomic E-state index is 13.9. The predicted molar refractivity (Wildman–Crippen MR) is 108 cm³/mol. The first kappa shape index (κ1) is 19.0. The van der Waals surface area contributed by atoms with E-state index in [1.165, 1.54) is 18.5 Å². The van der Waals surface area contributed by atoms with E-state index in [0.717, 1.165) is 24.9 Å². The lowest BCUT2D eigenvalue weighted by Gasteiger charge is -2.35. The molecule has 3 aromatic rings. The van der Waals surface area contributed by atoms with E-state index in [0.29, 0.717) is 34.0 Å². The quantitative estimate of drug-likeness (QED) is 0.550. The van der Waals surface area contributed by atoms with Gasteiger partial charge >= 0.3 is 0 Å². The Morgan fingerprint density at radius 3 is 2.75 bits per heavy atom. The van der Waals surface area contributed by atoms with Crippen molar-refractivity contribution in [3.8, 4) is 0 Å². The van der Waals surface area contributed by atoms with Crippen LogP contribution in [0.3, 0.4) is 0 Å². The molecule has 4 N–H and O–H groups in total. The van der Waals surface area contributed by atoms with E-state index in [1.807, 2.05) is 6.07 Å². The fraction of sp³-hybridized carbons (Fsp3) is 0.300. The number of hydrogen-bond donors (Lipinski definition) is 3. The summed E-state index contributed by atoms with van der Waals surface area (Å²) in [6.45, 7) is 2.67. The highest BCUT2D eigenvalue weighted by atomic mass is 35.5. The van der Waals surface area contributed by atoms with Gasteiger partial charge in [-0.1, -0.05) is 23.7 Å². The summed E-state index contributed by atoms with van der Waals surface area (Å²) in [5.74, 6) is 0.245. The Morgan fingerprint density at radius 1 is 1.21 bits per heavy atom. The van der Waals surface area contributed by atoms with Crippen LogP contribution in [0.15, 0.2) is 42.7 Å². The standard InChI is InChI=1S/C20H21ClFN5O/c21-16-6-5-12(22)9-15(16)17(10-27-7-2-8-27)26-20-14-4-1-3-13(19(23)28)18(14)24-11-25-20/h1,3-6,9,11,17,19,28H,2,7-8,10,23H2,(H,24,25,26)/t17-,19?/m1/s1. The van der Waals surface area contributed by atoms with Gasteiger partial charge in [0.25, 0.3) is 0 Å². The average molecular weight is 402 g/mol. The number of halogens is 2. The number of aliphatic hydroxyl groups is 1. The van der Waals surface area contributed by atoms with Crippen LogP contribution in [0.2, 0.25) is 5.02 Å². The number of likely N-dealkylation sites (tertiary alicyclic amines) is 1. The number of aromatic nitrogens is 2. The van der Waals surface area contributed by atoms with Gasteiger partial charge < -0.3 is 21.1 Å². The molecule has 1 saturated heterocycles. The molecular weight excluding hydrogens is 381 g/mol. The van der Waals surface area contributed by atoms with Crippen LogP contribution >= 0.6 is 11.6 Å². The first-order chi connectivity index (χ1) is 13.5. The molecule has 6 nitrogen and oxygen atoms in total. The van der Waals surface area contributed by atoms with Crippen LogP contribution in [0.25, 0.3) is 10.9 Å². The third-order valence-electron chi connectivity index (χ3n) is 5.05. The normalized spacial score (nSPS) is 16.6. The van der Waals surface area contributed by atoms with Gasteiger partial charge in [-0.2, -0.15) is 0 Å². The maximum Gasteiger partial charge on any atom is 0.137 e. The number of nitrogens with zero attached hydrogens (tertiary/aromatic N) is 3. The van der Waals surface area contributed by atoms with Gasteiger partial charge in [0.05, 0.1) is 11.6 Å². The number of nitrogens with one attached hydrogen (secondary N) is 1. The minimum Gasteiger partial charge on any atom is -0.374 e. The Hall–Kier alpha value is -2.32. The van der Waals surface area contributed by atoms with Crippen molar-refractivity contribution < 1.29 is 9.50 Å². The molecule has 0 aliphatic carbocycles. The molecule has 1 aliphatic rings. The van der Waals surface area contributed by atoms with Gasteiger partial charge in [-0.15, -0.1) is 0 Å². The molecule has 28 heavy (non-hydrogen) atoms. The smallest absolute Gasteiger partial charge is 0.137 e. The summed E-state index contributed by atoms with van der Waals surface area (Å²) < 4.78 is 13.9. The Bertz CT molecular complexity index is 995. The Balaban J connectivity index is 1.74. The van der Waals surface area contributed by atoms with Gasteiger partial charge in [0, 0.05) is 22.5 Å². The predicted octanol–water partition coefficient (Wildman–Crippen LogP) is 3.23. The number of fused-ring (bicyclic) bond motifs is 1. The summed E-state index contributed by atoms with van der Waals surface area (Å²) in [5, 5.41) is 14.5. The van der Waals surface area contributed by atoms with Crippen LogP contribution in [0.1, 0.15) is 29.8 Å². The lowest BCUT2D eigenvalue weighted by molar-refractivity contribution is 0.174. The molecule has 0 radical (unpaired) electrons. The summed E-state index contributed by atoms with van der Waals surface area (Å²) in [5.41, 5.74) is 7.43. The van der Waals surface area contributed by atoms with Crippen molar-refractivity contribution in [2.45, 2.75) is 18.7 Å². The Kier molecular flexibility index (Phi) is 5.41. The van der Waals surface area contributed by atoms with Crippen LogP contribution in [0.5, 0.6) is 0 Å². The summed E-state index contributed by atoms with van der Waals surface area (Å²) in [7, 11) is 0. The van der Waals surface area contributed by atoms with Crippen LogP contribution < -0.4 is 11.1 Å². The van der Waals surface area contributed by atoms with Crippen molar-refractivity contribution in [2.24, 2.45) is 5.73 Å². The van der Waals surface area contributed by atoms with E-state index in [9.17, 15) is 9.50 Å². The number of rotatable bonds is 6. The van der Waals surface area contributed by atoms with Gasteiger partial charge in [-0.3, -0.25) is 0 Å². The fourth-order valence-electron chi connectivity index (χ4n) is 3.46. The van der Waals surface area contributed by atoms with Gasteiger partial charge in [0.2, 0.25) is 0 Å². The molecule has 146 valence electrons. The molecule has 1 aliphatic heterocycles. The first-order valence-corrected chi connectivity index (χ1v) is 9.52. The van der Waals surface area contributed by atoms with E-state index in [1.54, 1.807) is 18.2 Å². The van der Waals surface area contributed by atoms with Crippen LogP contribution in [-0.2, 0) is 0 Å². The largest absolute Gasteiger partial charge is 0.374 e. The van der Waals surface area contributed by atoms with Gasteiger partial charge in [0.1, 0.15) is 24.2 Å². The molecule has 2 heterocycles. The third-order valence-corrected chi connectivity index (χ3v) is 5.39. The highest BCUT2D eigenvalue weighted by Crippen LogP contribution is 2.31. The highest BCUT2D eigenvalue weighted by Gasteiger charge is 2.24. The first-order valence-electron chi connectivity index (χ1n) is 9.14. The van der Waals surface area contributed by atoms with Crippen molar-refractivity contribution >= 4 is 28.3 Å². The Labute approximate surface area is 167 Å². The molecule has 8 heteroatoms. The minimum atomic E-state index is -1.14. The molecule has 2 atom stereocenters. The lowest BCUT2D eigenvalue weighted by atomic mass is 10.0. The fourth-order valence-corrected chi connectivity index (χ4v) is 3.70. The van der Waals surface area contributed by atoms with Crippen molar-refractivity contribution in [2.75, 3.05) is 25.0 Å². The summed E-state index contributed by atoms with van der Waals surface area (Å²) >= 11 is 6.38. The van der Waals surface area contributed by atoms with E-state index < -0.39 is 6.23 Å². The summed E-state index contributed by atoms with van der Waals surface area (Å²) in [4.78, 5) is 10.9. The van der Waals surface area contributed by atoms with Crippen molar-refractivity contribution in [3.05, 3.63) is 64.7 Å². The monoisotopic (exact) mass is 401 g/mol. The number of anilines is 1. The van der Waals surface area contributed by atoms with E-state index in [2.05, 4.69) is 20.2 Å². The highest BCUT2D eigenvalue weighted by molar-refractivity contribution is 6.31. The SMILES string of the molecule is NC(O)c1cccc2c(N[C@H](CN3CCC3)c3cc(F)ccc3Cl)ncnc12. The number of benzene rings is 2. The number of nitrogens with two attached hydrogens (primary N) is 1. The van der Waals surface area contributed by atoms with E-state index in [-0.39, 0.29) is 11.9 Å². The van der Waals surface area contributed by atoms with E-state index >= 15 is 0 Å². The van der Waals surface area contributed by atoms with Crippen LogP contribution in [0, 0.1) is 5.82 Å². The van der Waals surface area contributed by atoms with Crippen LogP contribution in [-0.4, -0.2) is 39.6 Å². The molecule has 1 aromatic heterocycles. The molecule has 1 fully saturated rings. The minimum absolute atomic E-state index is 0.256. The zero-order valence-corrected chi connectivity index (χ0v) is 15.9. The van der Waals surface area contributed by atoms with Crippen LogP contribution in [0.4, 0.5) is 10.2 Å². The second-order valence-electron chi connectivity index (χ2n) is 6.93. The number of aliphatic hydroxyl groups excluding tert-OH is 1. The Morgan fingerprint density at radius 2 is 2.04 bits per heavy atom. The van der Waals surface area contributed by atoms with Crippen molar-refractivity contribution in [1.29, 1.82) is 0 Å². The molecule has 0 amide bonds. The molecule has 0 spiro atoms. The third kappa shape index (κ3) is 3.79. The molecule has 0 bridgehead atoms. The molecule has 1 unspecified atom stereocenters. The van der Waals surface area contributed by atoms with Gasteiger partial charge in [0.15, 0.2) is 0 Å². The summed E-state index contributed by atoms with van der Waals surface area (Å²) in [6, 6.07) is 9.50. The topological polar surface area (TPSA) is 87.3 Å². The second kappa shape index (κ2) is 7.97. The number of hydrogen-bond acceptors (Lipinski definition) is 6. The average Bonchev–Trinajstić information content (AvgIpc) is 2.65. The summed E-state index contributed by atoms with van der Waals surface area (Å²) in [6.07, 6.45) is 1.43. The van der Waals surface area contributed by atoms with Gasteiger partial charge in [-0.25, -0.2) is 14.4 Å². The zero-order valence-electron chi connectivity index (χ0n) is 15.1. The molecule has 0 saturated carbocycles. The van der Waals surface area contributed by atoms with Crippen molar-refractivity contribution in [3.63, 3.8) is 0 Å². The molecule has 4 rings (SSSR count). The lowest BCUT2D eigenvalue weighted by Crippen LogP contribution is -2.41. The van der Waals surface area contributed by atoms with Crippen molar-refractivity contribution in [1.82, 2.24) is 14.9 Å². The molecular formula is C20H21ClFN5O. The van der Waals surface area contributed by atoms with Gasteiger partial charge in [-0.05, 0) is 49.3 Å². The maximum atomic E-state index is 13.9. The zero-order chi connectivity index (χ0) is 19.7. The number of para-hydroxylation sites is 1. The second-order valence-corrected chi connectivity index (χ2v) is 7.33. The van der Waals surface area contributed by atoms with E-state index in [4.69, 9.17) is 17.3 Å².